The maximum absolute atomic E-state index is 6.07. The first kappa shape index (κ1) is 12.6. The molecule has 1 aromatic carbocycles. The highest BCUT2D eigenvalue weighted by molar-refractivity contribution is 7.11. The number of benzene rings is 1. The third-order valence-electron chi connectivity index (χ3n) is 3.91. The van der Waals surface area contributed by atoms with E-state index in [9.17, 15) is 0 Å². The van der Waals surface area contributed by atoms with Crippen molar-refractivity contribution >= 4 is 17.0 Å². The van der Waals surface area contributed by atoms with Crippen LogP contribution in [0.3, 0.4) is 0 Å². The average molecular weight is 273 g/mol. The normalized spacial score (nSPS) is 16.6. The number of nitrogens with zero attached hydrogens (tertiary/aromatic N) is 2. The lowest BCUT2D eigenvalue weighted by Crippen LogP contribution is -2.20. The van der Waals surface area contributed by atoms with Gasteiger partial charge in [-0.3, -0.25) is 4.90 Å². The molecule has 0 saturated carbocycles. The zero-order valence-electron chi connectivity index (χ0n) is 11.6. The Morgan fingerprint density at radius 2 is 2.11 bits per heavy atom. The molecule has 0 spiro atoms. The van der Waals surface area contributed by atoms with E-state index in [1.54, 1.807) is 0 Å². The summed E-state index contributed by atoms with van der Waals surface area (Å²) in [6, 6.07) is 6.63. The summed E-state index contributed by atoms with van der Waals surface area (Å²) in [5.74, 6) is 0. The second kappa shape index (κ2) is 4.62. The highest BCUT2D eigenvalue weighted by Crippen LogP contribution is 2.36. The van der Waals surface area contributed by atoms with E-state index >= 15 is 0 Å². The highest BCUT2D eigenvalue weighted by Gasteiger charge is 2.27. The molecule has 2 heterocycles. The van der Waals surface area contributed by atoms with Crippen molar-refractivity contribution in [1.82, 2.24) is 9.88 Å². The molecule has 1 aromatic heterocycles. The van der Waals surface area contributed by atoms with Gasteiger partial charge in [-0.2, -0.15) is 0 Å². The summed E-state index contributed by atoms with van der Waals surface area (Å²) in [6.45, 7) is 8.37. The Labute approximate surface area is 118 Å². The van der Waals surface area contributed by atoms with Gasteiger partial charge in [0.05, 0.1) is 10.7 Å². The van der Waals surface area contributed by atoms with E-state index in [2.05, 4.69) is 36.7 Å². The molecule has 0 saturated heterocycles. The van der Waals surface area contributed by atoms with Crippen molar-refractivity contribution in [3.05, 3.63) is 44.9 Å². The lowest BCUT2D eigenvalue weighted by atomic mass is 10.1. The number of anilines is 1. The number of hydrogen-bond acceptors (Lipinski definition) is 4. The summed E-state index contributed by atoms with van der Waals surface area (Å²) < 4.78 is 0. The molecule has 1 atom stereocenters. The number of fused-ring (bicyclic) bond motifs is 1. The van der Waals surface area contributed by atoms with E-state index < -0.39 is 0 Å². The fraction of sp³-hybridized carbons (Fsp3) is 0.400. The Morgan fingerprint density at radius 1 is 1.32 bits per heavy atom. The van der Waals surface area contributed by atoms with Gasteiger partial charge in [-0.25, -0.2) is 4.98 Å². The van der Waals surface area contributed by atoms with Gasteiger partial charge in [0.1, 0.15) is 0 Å². The number of nitrogen functional groups attached to an aromatic ring is 1. The second-order valence-corrected chi connectivity index (χ2v) is 6.48. The van der Waals surface area contributed by atoms with Crippen LogP contribution in [0.5, 0.6) is 0 Å². The Morgan fingerprint density at radius 3 is 2.74 bits per heavy atom. The standard InChI is InChI=1S/C15H19N3S/c1-9-15(19-11(3)17-9)10(2)18-7-12-5-4-6-14(16)13(12)8-18/h4-6,10H,7-8,16H2,1-3H3. The number of aromatic nitrogens is 1. The fourth-order valence-electron chi connectivity index (χ4n) is 2.85. The number of rotatable bonds is 2. The maximum Gasteiger partial charge on any atom is 0.0900 e. The largest absolute Gasteiger partial charge is 0.398 e. The van der Waals surface area contributed by atoms with Gasteiger partial charge in [0, 0.05) is 29.7 Å². The molecule has 19 heavy (non-hydrogen) atoms. The van der Waals surface area contributed by atoms with Crippen LogP contribution in [0.15, 0.2) is 18.2 Å². The van der Waals surface area contributed by atoms with Crippen LogP contribution in [0.2, 0.25) is 0 Å². The SMILES string of the molecule is Cc1nc(C)c(C(C)N2Cc3cccc(N)c3C2)s1. The molecule has 0 amide bonds. The third-order valence-corrected chi connectivity index (χ3v) is 5.15. The van der Waals surface area contributed by atoms with Gasteiger partial charge in [-0.15, -0.1) is 11.3 Å². The van der Waals surface area contributed by atoms with E-state index in [-0.39, 0.29) is 0 Å². The molecule has 3 rings (SSSR count). The monoisotopic (exact) mass is 273 g/mol. The summed E-state index contributed by atoms with van der Waals surface area (Å²) in [5.41, 5.74) is 10.8. The molecule has 1 unspecified atom stereocenters. The highest BCUT2D eigenvalue weighted by atomic mass is 32.1. The molecular weight excluding hydrogens is 254 g/mol. The molecule has 2 N–H and O–H groups in total. The Hall–Kier alpha value is -1.39. The predicted octanol–water partition coefficient (Wildman–Crippen LogP) is 3.42. The fourth-order valence-corrected chi connectivity index (χ4v) is 3.86. The van der Waals surface area contributed by atoms with E-state index in [0.29, 0.717) is 6.04 Å². The lowest BCUT2D eigenvalue weighted by Gasteiger charge is -2.23. The van der Waals surface area contributed by atoms with Crippen LogP contribution < -0.4 is 5.73 Å². The molecule has 3 nitrogen and oxygen atoms in total. The van der Waals surface area contributed by atoms with Gasteiger partial charge < -0.3 is 5.73 Å². The molecule has 1 aliphatic rings. The van der Waals surface area contributed by atoms with Crippen LogP contribution in [0.25, 0.3) is 0 Å². The van der Waals surface area contributed by atoms with Crippen LogP contribution in [-0.4, -0.2) is 9.88 Å². The zero-order chi connectivity index (χ0) is 13.6. The summed E-state index contributed by atoms with van der Waals surface area (Å²) in [5, 5.41) is 1.15. The maximum atomic E-state index is 6.07. The number of aryl methyl sites for hydroxylation is 2. The Balaban J connectivity index is 1.87. The predicted molar refractivity (Wildman–Crippen MR) is 80.1 cm³/mol. The Bertz CT molecular complexity index is 618. The molecule has 0 aliphatic carbocycles. The second-order valence-electron chi connectivity index (χ2n) is 5.25. The smallest absolute Gasteiger partial charge is 0.0900 e. The van der Waals surface area contributed by atoms with Crippen molar-refractivity contribution in [1.29, 1.82) is 0 Å². The van der Waals surface area contributed by atoms with E-state index in [4.69, 9.17) is 5.73 Å². The minimum atomic E-state index is 0.401. The van der Waals surface area contributed by atoms with Gasteiger partial charge in [0.2, 0.25) is 0 Å². The van der Waals surface area contributed by atoms with Crippen molar-refractivity contribution in [2.45, 2.75) is 39.9 Å². The van der Waals surface area contributed by atoms with Crippen LogP contribution in [-0.2, 0) is 13.1 Å². The molecule has 100 valence electrons. The number of hydrogen-bond donors (Lipinski definition) is 1. The molecule has 0 fully saturated rings. The topological polar surface area (TPSA) is 42.2 Å². The molecule has 0 bridgehead atoms. The minimum absolute atomic E-state index is 0.401. The summed E-state index contributed by atoms with van der Waals surface area (Å²) in [4.78, 5) is 8.39. The van der Waals surface area contributed by atoms with E-state index in [1.165, 1.54) is 21.7 Å². The van der Waals surface area contributed by atoms with Crippen molar-refractivity contribution in [2.75, 3.05) is 5.73 Å². The van der Waals surface area contributed by atoms with E-state index in [0.717, 1.165) is 23.8 Å². The summed E-state index contributed by atoms with van der Waals surface area (Å²) >= 11 is 1.81. The minimum Gasteiger partial charge on any atom is -0.398 e. The summed E-state index contributed by atoms with van der Waals surface area (Å²) in [6.07, 6.45) is 0. The average Bonchev–Trinajstić information content (AvgIpc) is 2.93. The molecule has 1 aliphatic heterocycles. The number of nitrogens with two attached hydrogens (primary N) is 1. The van der Waals surface area contributed by atoms with Gasteiger partial charge in [-0.1, -0.05) is 12.1 Å². The lowest BCUT2D eigenvalue weighted by molar-refractivity contribution is 0.217. The first-order chi connectivity index (χ1) is 9.06. The van der Waals surface area contributed by atoms with Crippen LogP contribution >= 0.6 is 11.3 Å². The quantitative estimate of drug-likeness (QED) is 0.853. The molecule has 2 aromatic rings. The van der Waals surface area contributed by atoms with Gasteiger partial charge in [0.25, 0.3) is 0 Å². The third kappa shape index (κ3) is 2.15. The molecular formula is C15H19N3S. The zero-order valence-corrected chi connectivity index (χ0v) is 12.4. The van der Waals surface area contributed by atoms with Crippen LogP contribution in [0, 0.1) is 13.8 Å². The first-order valence-corrected chi connectivity index (χ1v) is 7.42. The summed E-state index contributed by atoms with van der Waals surface area (Å²) in [7, 11) is 0. The molecule has 4 heteroatoms. The first-order valence-electron chi connectivity index (χ1n) is 6.60. The Kier molecular flexibility index (Phi) is 3.07. The van der Waals surface area contributed by atoms with Crippen LogP contribution in [0.4, 0.5) is 5.69 Å². The van der Waals surface area contributed by atoms with Gasteiger partial charge in [-0.05, 0) is 38.0 Å². The van der Waals surface area contributed by atoms with Crippen molar-refractivity contribution in [3.8, 4) is 0 Å². The van der Waals surface area contributed by atoms with Crippen molar-refractivity contribution < 1.29 is 0 Å². The van der Waals surface area contributed by atoms with E-state index in [1.807, 2.05) is 23.5 Å². The van der Waals surface area contributed by atoms with Crippen LogP contribution in [0.1, 0.15) is 39.7 Å². The van der Waals surface area contributed by atoms with Gasteiger partial charge in [0.15, 0.2) is 0 Å². The number of thiazole rings is 1. The van der Waals surface area contributed by atoms with Crippen molar-refractivity contribution in [3.63, 3.8) is 0 Å². The van der Waals surface area contributed by atoms with Crippen molar-refractivity contribution in [2.24, 2.45) is 0 Å². The molecule has 0 radical (unpaired) electrons. The van der Waals surface area contributed by atoms with Gasteiger partial charge >= 0.3 is 0 Å².